The number of hydrogen-bond acceptors (Lipinski definition) is 2. The van der Waals surface area contributed by atoms with Crippen LogP contribution in [0.2, 0.25) is 0 Å². The van der Waals surface area contributed by atoms with Gasteiger partial charge in [-0.1, -0.05) is 38.1 Å². The summed E-state index contributed by atoms with van der Waals surface area (Å²) in [6.45, 7) is 5.05. The molecule has 1 amide bonds. The van der Waals surface area contributed by atoms with Crippen molar-refractivity contribution in [3.05, 3.63) is 35.4 Å². The molecular weight excluding hydrogens is 238 g/mol. The topological polar surface area (TPSA) is 40.5 Å². The molecule has 0 aliphatic carbocycles. The van der Waals surface area contributed by atoms with Crippen molar-refractivity contribution < 1.29 is 9.90 Å². The predicted octanol–water partition coefficient (Wildman–Crippen LogP) is 2.58. The summed E-state index contributed by atoms with van der Waals surface area (Å²) < 4.78 is 0. The first-order valence-electron chi connectivity index (χ1n) is 7.02. The molecule has 0 saturated carbocycles. The van der Waals surface area contributed by atoms with Crippen LogP contribution in [-0.4, -0.2) is 36.1 Å². The number of carbonyl (C=O) groups excluding carboxylic acids is 1. The molecule has 19 heavy (non-hydrogen) atoms. The van der Waals surface area contributed by atoms with Gasteiger partial charge < -0.3 is 10.0 Å². The maximum absolute atomic E-state index is 11.5. The fourth-order valence-corrected chi connectivity index (χ4v) is 1.96. The standard InChI is InChI=1S/C16H25NO2/c1-4-13(2)15-7-5-14(6-8-15)9-11-17(3)16(19)10-12-18/h5-8,13,18H,4,9-12H2,1-3H3. The molecule has 0 aliphatic heterocycles. The van der Waals surface area contributed by atoms with Crippen molar-refractivity contribution in [1.29, 1.82) is 0 Å². The minimum Gasteiger partial charge on any atom is -0.396 e. The summed E-state index contributed by atoms with van der Waals surface area (Å²) in [4.78, 5) is 13.2. The minimum absolute atomic E-state index is 0.00118. The van der Waals surface area contributed by atoms with Gasteiger partial charge in [-0.25, -0.2) is 0 Å². The molecule has 1 rings (SSSR count). The van der Waals surface area contributed by atoms with E-state index in [1.807, 2.05) is 0 Å². The second-order valence-electron chi connectivity index (χ2n) is 5.09. The molecule has 0 aromatic heterocycles. The zero-order valence-electron chi connectivity index (χ0n) is 12.2. The molecule has 1 aromatic carbocycles. The number of aliphatic hydroxyl groups excluding tert-OH is 1. The van der Waals surface area contributed by atoms with Crippen LogP contribution in [0.25, 0.3) is 0 Å². The molecule has 0 aliphatic rings. The number of hydrogen-bond donors (Lipinski definition) is 1. The maximum Gasteiger partial charge on any atom is 0.224 e. The van der Waals surface area contributed by atoms with Crippen LogP contribution in [0.5, 0.6) is 0 Å². The second-order valence-corrected chi connectivity index (χ2v) is 5.09. The molecule has 1 aromatic rings. The molecule has 1 N–H and O–H groups in total. The second kappa shape index (κ2) is 7.95. The predicted molar refractivity (Wildman–Crippen MR) is 78.2 cm³/mol. The van der Waals surface area contributed by atoms with Crippen molar-refractivity contribution in [1.82, 2.24) is 4.90 Å². The van der Waals surface area contributed by atoms with E-state index in [1.165, 1.54) is 11.1 Å². The van der Waals surface area contributed by atoms with Crippen LogP contribution in [0.1, 0.15) is 43.7 Å². The molecule has 0 spiro atoms. The number of amides is 1. The van der Waals surface area contributed by atoms with Crippen molar-refractivity contribution in [2.75, 3.05) is 20.2 Å². The van der Waals surface area contributed by atoms with Gasteiger partial charge in [-0.3, -0.25) is 4.79 Å². The average Bonchev–Trinajstić information content (AvgIpc) is 2.44. The van der Waals surface area contributed by atoms with Gasteiger partial charge in [-0.05, 0) is 29.9 Å². The van der Waals surface area contributed by atoms with Crippen LogP contribution in [0.3, 0.4) is 0 Å². The van der Waals surface area contributed by atoms with Gasteiger partial charge in [0.25, 0.3) is 0 Å². The van der Waals surface area contributed by atoms with E-state index in [4.69, 9.17) is 5.11 Å². The molecule has 0 heterocycles. The first-order chi connectivity index (χ1) is 9.08. The number of nitrogens with zero attached hydrogens (tertiary/aromatic N) is 1. The summed E-state index contributed by atoms with van der Waals surface area (Å²) in [5.74, 6) is 0.599. The number of likely N-dealkylation sites (N-methyl/N-ethyl adjacent to an activating group) is 1. The summed E-state index contributed by atoms with van der Waals surface area (Å²) >= 11 is 0. The highest BCUT2D eigenvalue weighted by Crippen LogP contribution is 2.18. The lowest BCUT2D eigenvalue weighted by Gasteiger charge is -2.17. The molecule has 0 fully saturated rings. The fraction of sp³-hybridized carbons (Fsp3) is 0.562. The van der Waals surface area contributed by atoms with E-state index < -0.39 is 0 Å². The molecule has 3 nitrogen and oxygen atoms in total. The summed E-state index contributed by atoms with van der Waals surface area (Å²) in [5, 5.41) is 8.73. The van der Waals surface area contributed by atoms with Gasteiger partial charge in [0.15, 0.2) is 0 Å². The van der Waals surface area contributed by atoms with Gasteiger partial charge >= 0.3 is 0 Å². The van der Waals surface area contributed by atoms with Crippen molar-refractivity contribution in [2.24, 2.45) is 0 Å². The Morgan fingerprint density at radius 1 is 1.32 bits per heavy atom. The zero-order chi connectivity index (χ0) is 14.3. The monoisotopic (exact) mass is 263 g/mol. The van der Waals surface area contributed by atoms with Gasteiger partial charge in [0.1, 0.15) is 0 Å². The normalized spacial score (nSPS) is 12.2. The zero-order valence-corrected chi connectivity index (χ0v) is 12.2. The Balaban J connectivity index is 2.48. The summed E-state index contributed by atoms with van der Waals surface area (Å²) in [5.41, 5.74) is 2.62. The van der Waals surface area contributed by atoms with Gasteiger partial charge in [-0.15, -0.1) is 0 Å². The smallest absolute Gasteiger partial charge is 0.224 e. The lowest BCUT2D eigenvalue weighted by molar-refractivity contribution is -0.130. The Kier molecular flexibility index (Phi) is 6.57. The van der Waals surface area contributed by atoms with Crippen LogP contribution in [0.4, 0.5) is 0 Å². The highest BCUT2D eigenvalue weighted by Gasteiger charge is 2.08. The molecule has 0 saturated heterocycles. The first-order valence-corrected chi connectivity index (χ1v) is 7.02. The molecule has 106 valence electrons. The quantitative estimate of drug-likeness (QED) is 0.821. The first kappa shape index (κ1) is 15.7. The third-order valence-electron chi connectivity index (χ3n) is 3.65. The highest BCUT2D eigenvalue weighted by molar-refractivity contribution is 5.75. The van der Waals surface area contributed by atoms with Crippen LogP contribution in [0.15, 0.2) is 24.3 Å². The van der Waals surface area contributed by atoms with Crippen molar-refractivity contribution in [3.8, 4) is 0 Å². The van der Waals surface area contributed by atoms with E-state index in [0.29, 0.717) is 12.5 Å². The van der Waals surface area contributed by atoms with Crippen molar-refractivity contribution in [3.63, 3.8) is 0 Å². The van der Waals surface area contributed by atoms with Gasteiger partial charge in [0.05, 0.1) is 6.61 Å². The van der Waals surface area contributed by atoms with E-state index in [0.717, 1.165) is 12.8 Å². The molecule has 1 atom stereocenters. The van der Waals surface area contributed by atoms with Gasteiger partial charge in [-0.2, -0.15) is 0 Å². The largest absolute Gasteiger partial charge is 0.396 e. The molecular formula is C16H25NO2. The summed E-state index contributed by atoms with van der Waals surface area (Å²) in [6, 6.07) is 8.65. The lowest BCUT2D eigenvalue weighted by atomic mass is 9.97. The molecule has 0 bridgehead atoms. The number of benzene rings is 1. The Bertz CT molecular complexity index is 386. The molecule has 3 heteroatoms. The maximum atomic E-state index is 11.5. The van der Waals surface area contributed by atoms with Gasteiger partial charge in [0, 0.05) is 20.0 Å². The molecule has 1 unspecified atom stereocenters. The van der Waals surface area contributed by atoms with Crippen molar-refractivity contribution >= 4 is 5.91 Å². The Morgan fingerprint density at radius 3 is 2.47 bits per heavy atom. The minimum atomic E-state index is -0.0766. The summed E-state index contributed by atoms with van der Waals surface area (Å²) in [6.07, 6.45) is 2.22. The highest BCUT2D eigenvalue weighted by atomic mass is 16.3. The average molecular weight is 263 g/mol. The fourth-order valence-electron chi connectivity index (χ4n) is 1.96. The molecule has 0 radical (unpaired) electrons. The summed E-state index contributed by atoms with van der Waals surface area (Å²) in [7, 11) is 1.78. The Labute approximate surface area is 116 Å². The number of rotatable bonds is 7. The van der Waals surface area contributed by atoms with Crippen LogP contribution >= 0.6 is 0 Å². The third-order valence-corrected chi connectivity index (χ3v) is 3.65. The van der Waals surface area contributed by atoms with E-state index in [1.54, 1.807) is 11.9 Å². The number of carbonyl (C=O) groups is 1. The van der Waals surface area contributed by atoms with Crippen LogP contribution in [0, 0.1) is 0 Å². The van der Waals surface area contributed by atoms with E-state index in [2.05, 4.69) is 38.1 Å². The van der Waals surface area contributed by atoms with Crippen LogP contribution < -0.4 is 0 Å². The van der Waals surface area contributed by atoms with Crippen molar-refractivity contribution in [2.45, 2.75) is 39.0 Å². The van der Waals surface area contributed by atoms with Gasteiger partial charge in [0.2, 0.25) is 5.91 Å². The lowest BCUT2D eigenvalue weighted by Crippen LogP contribution is -2.29. The van der Waals surface area contributed by atoms with E-state index in [9.17, 15) is 4.79 Å². The number of aliphatic hydroxyl groups is 1. The Hall–Kier alpha value is -1.35. The SMILES string of the molecule is CCC(C)c1ccc(CCN(C)C(=O)CCO)cc1. The van der Waals surface area contributed by atoms with Crippen LogP contribution in [-0.2, 0) is 11.2 Å². The third kappa shape index (κ3) is 5.03. The van der Waals surface area contributed by atoms with E-state index >= 15 is 0 Å². The Morgan fingerprint density at radius 2 is 1.95 bits per heavy atom. The van der Waals surface area contributed by atoms with E-state index in [-0.39, 0.29) is 18.9 Å².